The van der Waals surface area contributed by atoms with Gasteiger partial charge in [0.25, 0.3) is 15.7 Å². The Hall–Kier alpha value is -3.73. The van der Waals surface area contributed by atoms with Gasteiger partial charge >= 0.3 is 5.69 Å². The standard InChI is InChI=1S/C40H52N2O10SSi/c1-28-18-20-33(21-19-28)53(46,47)52-32(26-50-54(6,7)39(3,4)5)22-40(49-25-31-16-12-9-13-17-31)34(27-48-24-30-14-10-8-11-15-30)51-37(35(40)43)42-23-29(2)36(44)41-38(42)45/h8-21,23,32,34-35,37,43H,22,24-27H2,1-7H3,(H,41,44,45)/t32-,34-,35-,37-,40-/m1/s1. The lowest BCUT2D eigenvalue weighted by molar-refractivity contribution is -0.167. The molecule has 1 aromatic heterocycles. The molecule has 2 heterocycles. The Balaban J connectivity index is 1.61. The van der Waals surface area contributed by atoms with Crippen molar-refractivity contribution < 1.29 is 36.3 Å². The van der Waals surface area contributed by atoms with E-state index in [9.17, 15) is 23.1 Å². The molecule has 0 amide bonds. The zero-order valence-corrected chi connectivity index (χ0v) is 33.8. The quantitative estimate of drug-likeness (QED) is 0.106. The van der Waals surface area contributed by atoms with E-state index in [1.165, 1.54) is 25.3 Å². The molecule has 1 saturated heterocycles. The second kappa shape index (κ2) is 17.0. The molecule has 12 nitrogen and oxygen atoms in total. The summed E-state index contributed by atoms with van der Waals surface area (Å²) in [6.45, 7) is 13.6. The number of aromatic amines is 1. The van der Waals surface area contributed by atoms with Crippen LogP contribution in [0.2, 0.25) is 18.1 Å². The number of hydrogen-bond donors (Lipinski definition) is 2. The molecule has 5 atom stereocenters. The number of nitrogens with one attached hydrogen (secondary N) is 1. The van der Waals surface area contributed by atoms with Crippen molar-refractivity contribution in [3.8, 4) is 0 Å². The Morgan fingerprint density at radius 2 is 1.52 bits per heavy atom. The minimum absolute atomic E-state index is 0.0107. The highest BCUT2D eigenvalue weighted by atomic mass is 32.2. The molecule has 1 fully saturated rings. The Kier molecular flexibility index (Phi) is 13.0. The normalized spacial score (nSPS) is 21.3. The third-order valence-corrected chi connectivity index (χ3v) is 16.2. The van der Waals surface area contributed by atoms with Crippen molar-refractivity contribution in [3.63, 3.8) is 0 Å². The van der Waals surface area contributed by atoms with Crippen LogP contribution in [-0.2, 0) is 46.2 Å². The summed E-state index contributed by atoms with van der Waals surface area (Å²) in [5, 5.41) is 12.2. The first-order valence-electron chi connectivity index (χ1n) is 18.0. The average molecular weight is 781 g/mol. The van der Waals surface area contributed by atoms with Crippen LogP contribution in [0, 0.1) is 13.8 Å². The van der Waals surface area contributed by atoms with E-state index in [0.29, 0.717) is 0 Å². The molecular weight excluding hydrogens is 729 g/mol. The maximum Gasteiger partial charge on any atom is 0.330 e. The van der Waals surface area contributed by atoms with Gasteiger partial charge in [-0.05, 0) is 55.2 Å². The summed E-state index contributed by atoms with van der Waals surface area (Å²) in [5.74, 6) is 0. The zero-order valence-electron chi connectivity index (χ0n) is 32.0. The Morgan fingerprint density at radius 1 is 0.926 bits per heavy atom. The second-order valence-corrected chi connectivity index (χ2v) is 21.8. The van der Waals surface area contributed by atoms with E-state index in [1.54, 1.807) is 12.1 Å². The summed E-state index contributed by atoms with van der Waals surface area (Å²) in [6.07, 6.45) is -4.12. The largest absolute Gasteiger partial charge is 0.414 e. The minimum atomic E-state index is -4.35. The van der Waals surface area contributed by atoms with E-state index in [-0.39, 0.29) is 48.3 Å². The lowest BCUT2D eigenvalue weighted by atomic mass is 9.85. The highest BCUT2D eigenvalue weighted by Gasteiger charge is 2.59. The zero-order chi connectivity index (χ0) is 39.3. The van der Waals surface area contributed by atoms with Gasteiger partial charge in [-0.1, -0.05) is 99.1 Å². The lowest BCUT2D eigenvalue weighted by Crippen LogP contribution is -2.55. The number of H-pyrrole nitrogens is 1. The van der Waals surface area contributed by atoms with E-state index < -0.39 is 59.8 Å². The number of ether oxygens (including phenoxy) is 3. The van der Waals surface area contributed by atoms with Gasteiger partial charge < -0.3 is 23.7 Å². The maximum absolute atomic E-state index is 13.9. The molecule has 0 unspecified atom stereocenters. The van der Waals surface area contributed by atoms with Crippen LogP contribution in [0.25, 0.3) is 0 Å². The van der Waals surface area contributed by atoms with E-state index >= 15 is 0 Å². The van der Waals surface area contributed by atoms with E-state index in [4.69, 9.17) is 22.8 Å². The van der Waals surface area contributed by atoms with Crippen molar-refractivity contribution in [3.05, 3.63) is 134 Å². The molecule has 1 aliphatic rings. The van der Waals surface area contributed by atoms with Crippen molar-refractivity contribution in [1.29, 1.82) is 0 Å². The van der Waals surface area contributed by atoms with Crippen LogP contribution in [-0.4, -0.2) is 68.5 Å². The van der Waals surface area contributed by atoms with E-state index in [0.717, 1.165) is 21.3 Å². The molecule has 2 N–H and O–H groups in total. The van der Waals surface area contributed by atoms with Crippen LogP contribution in [0.5, 0.6) is 0 Å². The van der Waals surface area contributed by atoms with Crippen LogP contribution in [0.1, 0.15) is 55.7 Å². The van der Waals surface area contributed by atoms with Crippen molar-refractivity contribution in [2.45, 2.75) is 107 Å². The molecule has 0 saturated carbocycles. The molecule has 1 aliphatic heterocycles. The Labute approximate surface area is 318 Å². The number of aromatic nitrogens is 2. The molecule has 54 heavy (non-hydrogen) atoms. The van der Waals surface area contributed by atoms with Crippen molar-refractivity contribution >= 4 is 18.4 Å². The van der Waals surface area contributed by atoms with Crippen LogP contribution in [0.15, 0.2) is 106 Å². The van der Waals surface area contributed by atoms with Gasteiger partial charge in [-0.2, -0.15) is 8.42 Å². The van der Waals surface area contributed by atoms with Crippen molar-refractivity contribution in [2.75, 3.05) is 13.2 Å². The number of aliphatic hydroxyl groups excluding tert-OH is 1. The molecule has 0 radical (unpaired) electrons. The predicted molar refractivity (Wildman–Crippen MR) is 207 cm³/mol. The van der Waals surface area contributed by atoms with Gasteiger partial charge in [0, 0.05) is 18.2 Å². The number of nitrogens with zero attached hydrogens (tertiary/aromatic N) is 1. The minimum Gasteiger partial charge on any atom is -0.414 e. The van der Waals surface area contributed by atoms with Crippen LogP contribution in [0.4, 0.5) is 0 Å². The van der Waals surface area contributed by atoms with Gasteiger partial charge in [0.2, 0.25) is 0 Å². The molecule has 0 spiro atoms. The fourth-order valence-electron chi connectivity index (χ4n) is 6.04. The summed E-state index contributed by atoms with van der Waals surface area (Å²) in [5.41, 5.74) is -0.337. The lowest BCUT2D eigenvalue weighted by Gasteiger charge is -2.40. The smallest absolute Gasteiger partial charge is 0.330 e. The van der Waals surface area contributed by atoms with Gasteiger partial charge in [0.05, 0.1) is 31.3 Å². The van der Waals surface area contributed by atoms with Gasteiger partial charge in [-0.25, -0.2) is 4.79 Å². The molecule has 5 rings (SSSR count). The summed E-state index contributed by atoms with van der Waals surface area (Å²) in [7, 11) is -6.83. The van der Waals surface area contributed by atoms with Crippen LogP contribution >= 0.6 is 0 Å². The summed E-state index contributed by atoms with van der Waals surface area (Å²) in [4.78, 5) is 27.8. The number of rotatable bonds is 16. The average Bonchev–Trinajstić information content (AvgIpc) is 3.38. The molecule has 0 aliphatic carbocycles. The highest BCUT2D eigenvalue weighted by molar-refractivity contribution is 7.86. The predicted octanol–water partition coefficient (Wildman–Crippen LogP) is 5.77. The van der Waals surface area contributed by atoms with Gasteiger partial charge in [-0.15, -0.1) is 0 Å². The second-order valence-electron chi connectivity index (χ2n) is 15.4. The summed E-state index contributed by atoms with van der Waals surface area (Å²) in [6, 6.07) is 25.1. The first kappa shape index (κ1) is 41.4. The molecule has 14 heteroatoms. The fourth-order valence-corrected chi connectivity index (χ4v) is 8.13. The Bertz CT molecular complexity index is 2070. The SMILES string of the molecule is Cc1ccc(S(=O)(=O)O[C@@H](CO[Si](C)(C)C(C)(C)C)C[C@]2(OCc3ccccc3)[C@H](O)[C@H](n3cc(C)c(=O)[nH]c3=O)O[C@@H]2COCc2ccccc2)cc1. The number of aliphatic hydroxyl groups is 1. The highest BCUT2D eigenvalue weighted by Crippen LogP contribution is 2.45. The van der Waals surface area contributed by atoms with Crippen molar-refractivity contribution in [1.82, 2.24) is 9.55 Å². The monoisotopic (exact) mass is 780 g/mol. The van der Waals surface area contributed by atoms with E-state index in [1.807, 2.05) is 67.6 Å². The molecule has 3 aromatic carbocycles. The molecule has 4 aromatic rings. The van der Waals surface area contributed by atoms with Gasteiger partial charge in [0.15, 0.2) is 14.5 Å². The topological polar surface area (TPSA) is 155 Å². The van der Waals surface area contributed by atoms with Gasteiger partial charge in [-0.3, -0.25) is 18.5 Å². The first-order valence-corrected chi connectivity index (χ1v) is 22.3. The third-order valence-electron chi connectivity index (χ3n) is 10.3. The summed E-state index contributed by atoms with van der Waals surface area (Å²) < 4.78 is 61.0. The fraction of sp³-hybridized carbons (Fsp3) is 0.450. The molecule has 0 bridgehead atoms. The first-order chi connectivity index (χ1) is 25.4. The van der Waals surface area contributed by atoms with Crippen LogP contribution in [0.3, 0.4) is 0 Å². The number of hydrogen-bond acceptors (Lipinski definition) is 10. The number of aryl methyl sites for hydroxylation is 2. The molecular formula is C40H52N2O10SSi. The summed E-state index contributed by atoms with van der Waals surface area (Å²) >= 11 is 0. The van der Waals surface area contributed by atoms with E-state index in [2.05, 4.69) is 38.8 Å². The van der Waals surface area contributed by atoms with Gasteiger partial charge in [0.1, 0.15) is 23.9 Å². The number of benzene rings is 3. The van der Waals surface area contributed by atoms with Crippen LogP contribution < -0.4 is 11.2 Å². The third kappa shape index (κ3) is 9.73. The molecule has 292 valence electrons. The van der Waals surface area contributed by atoms with Crippen molar-refractivity contribution in [2.24, 2.45) is 0 Å². The Morgan fingerprint density at radius 3 is 2.11 bits per heavy atom. The maximum atomic E-state index is 13.9.